The van der Waals surface area contributed by atoms with Gasteiger partial charge in [0.2, 0.25) is 11.8 Å². The van der Waals surface area contributed by atoms with E-state index >= 15 is 0 Å². The molecule has 1 atom stereocenters. The van der Waals surface area contributed by atoms with E-state index in [-0.39, 0.29) is 10.9 Å². The molecule has 1 heterocycles. The summed E-state index contributed by atoms with van der Waals surface area (Å²) in [5.74, 6) is 0.666. The standard InChI is InChI=1S/C11H13N3O3S/c1-7(12)10-13-14-11(17-10)8-3-5-9(6-4-8)18(2,15)16/h3-7H,12H2,1-2H3. The van der Waals surface area contributed by atoms with Gasteiger partial charge in [-0.15, -0.1) is 10.2 Å². The molecule has 0 aliphatic rings. The van der Waals surface area contributed by atoms with E-state index in [2.05, 4.69) is 10.2 Å². The lowest BCUT2D eigenvalue weighted by Crippen LogP contribution is -2.04. The molecule has 0 aliphatic carbocycles. The molecule has 18 heavy (non-hydrogen) atoms. The van der Waals surface area contributed by atoms with Crippen molar-refractivity contribution in [3.05, 3.63) is 30.2 Å². The summed E-state index contributed by atoms with van der Waals surface area (Å²) in [4.78, 5) is 0.248. The average molecular weight is 267 g/mol. The minimum atomic E-state index is -3.20. The third-order valence-corrected chi connectivity index (χ3v) is 3.49. The van der Waals surface area contributed by atoms with Crippen molar-refractivity contribution in [3.8, 4) is 11.5 Å². The lowest BCUT2D eigenvalue weighted by molar-refractivity contribution is 0.473. The van der Waals surface area contributed by atoms with Gasteiger partial charge in [-0.2, -0.15) is 0 Å². The summed E-state index contributed by atoms with van der Waals surface area (Å²) in [5, 5.41) is 7.66. The van der Waals surface area contributed by atoms with Gasteiger partial charge in [0.15, 0.2) is 9.84 Å². The van der Waals surface area contributed by atoms with Gasteiger partial charge in [0.25, 0.3) is 0 Å². The normalized spacial score (nSPS) is 13.5. The zero-order chi connectivity index (χ0) is 13.3. The lowest BCUT2D eigenvalue weighted by atomic mass is 10.2. The van der Waals surface area contributed by atoms with Crippen LogP contribution in [0.2, 0.25) is 0 Å². The number of nitrogens with zero attached hydrogens (tertiary/aromatic N) is 2. The average Bonchev–Trinajstić information content (AvgIpc) is 2.77. The largest absolute Gasteiger partial charge is 0.419 e. The molecule has 96 valence electrons. The first-order chi connectivity index (χ1) is 8.38. The maximum absolute atomic E-state index is 11.3. The van der Waals surface area contributed by atoms with Crippen molar-refractivity contribution in [2.45, 2.75) is 17.9 Å². The molecule has 1 aromatic carbocycles. The summed E-state index contributed by atoms with van der Waals surface area (Å²) in [6.07, 6.45) is 1.16. The van der Waals surface area contributed by atoms with E-state index in [4.69, 9.17) is 10.2 Å². The molecule has 2 N–H and O–H groups in total. The number of nitrogens with two attached hydrogens (primary N) is 1. The predicted octanol–water partition coefficient (Wildman–Crippen LogP) is 1.16. The summed E-state index contributed by atoms with van der Waals surface area (Å²) in [5.41, 5.74) is 6.27. The van der Waals surface area contributed by atoms with Crippen molar-refractivity contribution in [2.75, 3.05) is 6.26 Å². The second-order valence-electron chi connectivity index (χ2n) is 4.03. The quantitative estimate of drug-likeness (QED) is 0.895. The van der Waals surface area contributed by atoms with Crippen molar-refractivity contribution in [3.63, 3.8) is 0 Å². The molecule has 0 saturated carbocycles. The molecular formula is C11H13N3O3S. The van der Waals surface area contributed by atoms with E-state index in [0.29, 0.717) is 17.3 Å². The third-order valence-electron chi connectivity index (χ3n) is 2.36. The molecule has 1 aromatic heterocycles. The van der Waals surface area contributed by atoms with Gasteiger partial charge in [0.05, 0.1) is 10.9 Å². The number of hydrogen-bond donors (Lipinski definition) is 1. The Morgan fingerprint density at radius 2 is 1.83 bits per heavy atom. The first-order valence-corrected chi connectivity index (χ1v) is 7.16. The van der Waals surface area contributed by atoms with Crippen LogP contribution in [0, 0.1) is 0 Å². The van der Waals surface area contributed by atoms with E-state index in [9.17, 15) is 8.42 Å². The van der Waals surface area contributed by atoms with Crippen LogP contribution in [0.5, 0.6) is 0 Å². The van der Waals surface area contributed by atoms with Crippen LogP contribution in [0.15, 0.2) is 33.6 Å². The van der Waals surface area contributed by atoms with Crippen LogP contribution in [-0.2, 0) is 9.84 Å². The van der Waals surface area contributed by atoms with Gasteiger partial charge in [-0.05, 0) is 31.2 Å². The van der Waals surface area contributed by atoms with Gasteiger partial charge in [-0.1, -0.05) is 0 Å². The second-order valence-corrected chi connectivity index (χ2v) is 6.05. The smallest absolute Gasteiger partial charge is 0.247 e. The topological polar surface area (TPSA) is 99.1 Å². The summed E-state index contributed by atoms with van der Waals surface area (Å²) in [6.45, 7) is 1.74. The van der Waals surface area contributed by atoms with Crippen molar-refractivity contribution in [2.24, 2.45) is 5.73 Å². The van der Waals surface area contributed by atoms with Crippen molar-refractivity contribution in [1.29, 1.82) is 0 Å². The van der Waals surface area contributed by atoms with Gasteiger partial charge >= 0.3 is 0 Å². The maximum atomic E-state index is 11.3. The first-order valence-electron chi connectivity index (χ1n) is 5.27. The zero-order valence-corrected chi connectivity index (χ0v) is 10.8. The number of rotatable bonds is 3. The minimum Gasteiger partial charge on any atom is -0.419 e. The van der Waals surface area contributed by atoms with Gasteiger partial charge in [0, 0.05) is 11.8 Å². The SMILES string of the molecule is CC(N)c1nnc(-c2ccc(S(C)(=O)=O)cc2)o1. The van der Waals surface area contributed by atoms with Crippen molar-refractivity contribution >= 4 is 9.84 Å². The van der Waals surface area contributed by atoms with Gasteiger partial charge in [-0.25, -0.2) is 8.42 Å². The van der Waals surface area contributed by atoms with E-state index in [1.807, 2.05) is 0 Å². The fourth-order valence-corrected chi connectivity index (χ4v) is 2.01. The highest BCUT2D eigenvalue weighted by Gasteiger charge is 2.12. The van der Waals surface area contributed by atoms with Crippen LogP contribution < -0.4 is 5.73 Å². The van der Waals surface area contributed by atoms with Crippen LogP contribution in [0.1, 0.15) is 18.9 Å². The highest BCUT2D eigenvalue weighted by Crippen LogP contribution is 2.21. The molecule has 2 aromatic rings. The molecule has 0 saturated heterocycles. The number of hydrogen-bond acceptors (Lipinski definition) is 6. The van der Waals surface area contributed by atoms with E-state index in [1.165, 1.54) is 12.1 Å². The Morgan fingerprint density at radius 1 is 1.22 bits per heavy atom. The Morgan fingerprint density at radius 3 is 2.28 bits per heavy atom. The van der Waals surface area contributed by atoms with Gasteiger partial charge in [-0.3, -0.25) is 0 Å². The van der Waals surface area contributed by atoms with Crippen LogP contribution in [0.4, 0.5) is 0 Å². The fraction of sp³-hybridized carbons (Fsp3) is 0.273. The number of sulfone groups is 1. The summed E-state index contributed by atoms with van der Waals surface area (Å²) in [6, 6.07) is 5.91. The molecule has 0 aliphatic heterocycles. The highest BCUT2D eigenvalue weighted by molar-refractivity contribution is 7.90. The van der Waals surface area contributed by atoms with E-state index in [1.54, 1.807) is 19.1 Å². The maximum Gasteiger partial charge on any atom is 0.247 e. The molecule has 6 nitrogen and oxygen atoms in total. The van der Waals surface area contributed by atoms with Gasteiger partial charge in [0.1, 0.15) is 0 Å². The fourth-order valence-electron chi connectivity index (χ4n) is 1.38. The minimum absolute atomic E-state index is 0.248. The molecule has 0 fully saturated rings. The Kier molecular flexibility index (Phi) is 3.18. The molecule has 0 bridgehead atoms. The van der Waals surface area contributed by atoms with Crippen molar-refractivity contribution in [1.82, 2.24) is 10.2 Å². The molecule has 0 radical (unpaired) electrons. The predicted molar refractivity (Wildman–Crippen MR) is 65.4 cm³/mol. The van der Waals surface area contributed by atoms with Crippen LogP contribution >= 0.6 is 0 Å². The van der Waals surface area contributed by atoms with Crippen LogP contribution in [0.25, 0.3) is 11.5 Å². The molecular weight excluding hydrogens is 254 g/mol. The van der Waals surface area contributed by atoms with E-state index < -0.39 is 9.84 Å². The van der Waals surface area contributed by atoms with Crippen LogP contribution in [-0.4, -0.2) is 24.9 Å². The summed E-state index contributed by atoms with van der Waals surface area (Å²) < 4.78 is 28.0. The Bertz CT molecular complexity index is 644. The second kappa shape index (κ2) is 4.51. The summed E-state index contributed by atoms with van der Waals surface area (Å²) >= 11 is 0. The zero-order valence-electron chi connectivity index (χ0n) is 9.99. The van der Waals surface area contributed by atoms with E-state index in [0.717, 1.165) is 6.26 Å². The lowest BCUT2D eigenvalue weighted by Gasteiger charge is -1.99. The molecule has 7 heteroatoms. The highest BCUT2D eigenvalue weighted by atomic mass is 32.2. The molecule has 0 spiro atoms. The van der Waals surface area contributed by atoms with Crippen LogP contribution in [0.3, 0.4) is 0 Å². The molecule has 0 amide bonds. The Hall–Kier alpha value is -1.73. The Balaban J connectivity index is 2.34. The first kappa shape index (κ1) is 12.7. The van der Waals surface area contributed by atoms with Crippen molar-refractivity contribution < 1.29 is 12.8 Å². The van der Waals surface area contributed by atoms with Gasteiger partial charge < -0.3 is 10.2 Å². The molecule has 1 unspecified atom stereocenters. The molecule has 2 rings (SSSR count). The third kappa shape index (κ3) is 2.57. The summed E-state index contributed by atoms with van der Waals surface area (Å²) in [7, 11) is -3.20. The number of benzene rings is 1. The monoisotopic (exact) mass is 267 g/mol. The number of aromatic nitrogens is 2. The Labute approximate surface area is 105 Å².